The molecule has 0 aliphatic carbocycles. The molecular weight excluding hydrogens is 344 g/mol. The highest BCUT2D eigenvalue weighted by Crippen LogP contribution is 2.41. The van der Waals surface area contributed by atoms with Crippen LogP contribution in [0.1, 0.15) is 12.8 Å². The zero-order chi connectivity index (χ0) is 17.8. The number of benzene rings is 1. The van der Waals surface area contributed by atoms with Gasteiger partial charge in [0.05, 0.1) is 45.4 Å². The molecule has 2 saturated heterocycles. The molecule has 0 spiro atoms. The Kier molecular flexibility index (Phi) is 5.70. The third-order valence-electron chi connectivity index (χ3n) is 4.14. The summed E-state index contributed by atoms with van der Waals surface area (Å²) < 4.78 is 21.7. The molecular formula is C17H22N2O5S. The standard InChI is InChI=1S/C17H22N2O5S/c1-21-13-7-11(8-14(22-2)16(13)23-3)18-17-19(15(20)10-25-17)9-12-5-4-6-24-12/h7-8,12H,4-6,9-10H2,1-3H3. The van der Waals surface area contributed by atoms with Crippen LogP contribution in [0.5, 0.6) is 17.2 Å². The Morgan fingerprint density at radius 3 is 2.52 bits per heavy atom. The molecule has 2 aliphatic rings. The van der Waals surface area contributed by atoms with Gasteiger partial charge in [0, 0.05) is 18.7 Å². The van der Waals surface area contributed by atoms with Gasteiger partial charge in [0.15, 0.2) is 16.7 Å². The number of methoxy groups -OCH3 is 3. The first-order valence-corrected chi connectivity index (χ1v) is 9.08. The van der Waals surface area contributed by atoms with Gasteiger partial charge in [-0.3, -0.25) is 9.69 Å². The maximum atomic E-state index is 12.2. The summed E-state index contributed by atoms with van der Waals surface area (Å²) in [4.78, 5) is 18.6. The second kappa shape index (κ2) is 7.97. The van der Waals surface area contributed by atoms with E-state index in [0.717, 1.165) is 19.4 Å². The van der Waals surface area contributed by atoms with Crippen LogP contribution in [0.4, 0.5) is 5.69 Å². The predicted octanol–water partition coefficient (Wildman–Crippen LogP) is 2.45. The second-order valence-corrected chi connectivity index (χ2v) is 6.65. The van der Waals surface area contributed by atoms with Gasteiger partial charge in [-0.25, -0.2) is 4.99 Å². The summed E-state index contributed by atoms with van der Waals surface area (Å²) >= 11 is 1.43. The number of amides is 1. The average Bonchev–Trinajstić information content (AvgIpc) is 3.26. The Bertz CT molecular complexity index is 648. The van der Waals surface area contributed by atoms with Crippen molar-refractivity contribution in [1.82, 2.24) is 4.90 Å². The molecule has 0 radical (unpaired) electrons. The van der Waals surface area contributed by atoms with Crippen molar-refractivity contribution in [1.29, 1.82) is 0 Å². The van der Waals surface area contributed by atoms with E-state index >= 15 is 0 Å². The second-order valence-electron chi connectivity index (χ2n) is 5.71. The number of hydrogen-bond acceptors (Lipinski definition) is 7. The Balaban J connectivity index is 1.88. The third-order valence-corrected chi connectivity index (χ3v) is 5.10. The number of amidine groups is 1. The van der Waals surface area contributed by atoms with Gasteiger partial charge in [-0.15, -0.1) is 0 Å². The lowest BCUT2D eigenvalue weighted by Gasteiger charge is -2.20. The SMILES string of the molecule is COc1cc(N=C2SCC(=O)N2CC2CCCO2)cc(OC)c1OC. The summed E-state index contributed by atoms with van der Waals surface area (Å²) in [7, 11) is 4.68. The largest absolute Gasteiger partial charge is 0.493 e. The molecule has 0 aromatic heterocycles. The van der Waals surface area contributed by atoms with Crippen LogP contribution in [-0.2, 0) is 9.53 Å². The first-order chi connectivity index (χ1) is 12.2. The highest BCUT2D eigenvalue weighted by atomic mass is 32.2. The van der Waals surface area contributed by atoms with Crippen LogP contribution in [0.2, 0.25) is 0 Å². The number of rotatable bonds is 6. The summed E-state index contributed by atoms with van der Waals surface area (Å²) in [5.74, 6) is 2.03. The van der Waals surface area contributed by atoms with E-state index in [2.05, 4.69) is 4.99 Å². The fourth-order valence-electron chi connectivity index (χ4n) is 2.90. The molecule has 2 fully saturated rings. The van der Waals surface area contributed by atoms with E-state index in [1.54, 1.807) is 38.4 Å². The van der Waals surface area contributed by atoms with E-state index in [9.17, 15) is 4.79 Å². The fourth-order valence-corrected chi connectivity index (χ4v) is 3.81. The van der Waals surface area contributed by atoms with Gasteiger partial charge in [0.1, 0.15) is 0 Å². The smallest absolute Gasteiger partial charge is 0.239 e. The average molecular weight is 366 g/mol. The van der Waals surface area contributed by atoms with Gasteiger partial charge in [-0.2, -0.15) is 0 Å². The molecule has 25 heavy (non-hydrogen) atoms. The van der Waals surface area contributed by atoms with Gasteiger partial charge in [-0.1, -0.05) is 11.8 Å². The molecule has 1 unspecified atom stereocenters. The van der Waals surface area contributed by atoms with Crippen molar-refractivity contribution in [3.63, 3.8) is 0 Å². The number of aliphatic imine (C=N–C) groups is 1. The zero-order valence-electron chi connectivity index (χ0n) is 14.6. The van der Waals surface area contributed by atoms with Gasteiger partial charge in [-0.05, 0) is 12.8 Å². The molecule has 7 nitrogen and oxygen atoms in total. The highest BCUT2D eigenvalue weighted by Gasteiger charge is 2.31. The molecule has 2 aliphatic heterocycles. The first kappa shape index (κ1) is 17.9. The van der Waals surface area contributed by atoms with Crippen molar-refractivity contribution in [2.75, 3.05) is 40.2 Å². The zero-order valence-corrected chi connectivity index (χ0v) is 15.4. The minimum absolute atomic E-state index is 0.0618. The van der Waals surface area contributed by atoms with Crippen molar-refractivity contribution >= 4 is 28.5 Å². The summed E-state index contributed by atoms with van der Waals surface area (Å²) in [5, 5.41) is 0.676. The lowest BCUT2D eigenvalue weighted by molar-refractivity contribution is -0.125. The van der Waals surface area contributed by atoms with Gasteiger partial charge in [0.2, 0.25) is 11.7 Å². The van der Waals surface area contributed by atoms with Crippen molar-refractivity contribution < 1.29 is 23.7 Å². The Hall–Kier alpha value is -1.93. The van der Waals surface area contributed by atoms with Crippen molar-refractivity contribution in [2.24, 2.45) is 4.99 Å². The van der Waals surface area contributed by atoms with E-state index in [-0.39, 0.29) is 12.0 Å². The Morgan fingerprint density at radius 2 is 1.96 bits per heavy atom. The summed E-state index contributed by atoms with van der Waals surface area (Å²) in [6, 6.07) is 3.53. The van der Waals surface area contributed by atoms with E-state index in [4.69, 9.17) is 18.9 Å². The normalized spacial score (nSPS) is 21.9. The molecule has 1 aromatic rings. The van der Waals surface area contributed by atoms with E-state index in [0.29, 0.717) is 40.4 Å². The van der Waals surface area contributed by atoms with Gasteiger partial charge >= 0.3 is 0 Å². The molecule has 8 heteroatoms. The van der Waals surface area contributed by atoms with Crippen LogP contribution >= 0.6 is 11.8 Å². The molecule has 0 bridgehead atoms. The van der Waals surface area contributed by atoms with Crippen LogP contribution in [0.15, 0.2) is 17.1 Å². The molecule has 0 N–H and O–H groups in total. The van der Waals surface area contributed by atoms with Crippen molar-refractivity contribution in [2.45, 2.75) is 18.9 Å². The van der Waals surface area contributed by atoms with Crippen molar-refractivity contribution in [3.8, 4) is 17.2 Å². The van der Waals surface area contributed by atoms with Crippen LogP contribution in [0, 0.1) is 0 Å². The molecule has 1 atom stereocenters. The minimum atomic E-state index is 0.0618. The topological polar surface area (TPSA) is 69.6 Å². The van der Waals surface area contributed by atoms with E-state index in [1.165, 1.54) is 11.8 Å². The number of hydrogen-bond donors (Lipinski definition) is 0. The quantitative estimate of drug-likeness (QED) is 0.770. The Morgan fingerprint density at radius 1 is 1.24 bits per heavy atom. The number of ether oxygens (including phenoxy) is 4. The predicted molar refractivity (Wildman–Crippen MR) is 96.3 cm³/mol. The third kappa shape index (κ3) is 3.85. The molecule has 2 heterocycles. The van der Waals surface area contributed by atoms with Crippen LogP contribution in [0.3, 0.4) is 0 Å². The van der Waals surface area contributed by atoms with Gasteiger partial charge < -0.3 is 18.9 Å². The number of thioether (sulfide) groups is 1. The number of nitrogens with zero attached hydrogens (tertiary/aromatic N) is 2. The van der Waals surface area contributed by atoms with Gasteiger partial charge in [0.25, 0.3) is 0 Å². The lowest BCUT2D eigenvalue weighted by Crippen LogP contribution is -2.36. The Labute approximate surface area is 151 Å². The molecule has 0 saturated carbocycles. The molecule has 1 amide bonds. The van der Waals surface area contributed by atoms with Crippen LogP contribution < -0.4 is 14.2 Å². The maximum absolute atomic E-state index is 12.2. The fraction of sp³-hybridized carbons (Fsp3) is 0.529. The summed E-state index contributed by atoms with van der Waals surface area (Å²) in [6.07, 6.45) is 2.11. The van der Waals surface area contributed by atoms with E-state index < -0.39 is 0 Å². The van der Waals surface area contributed by atoms with Crippen LogP contribution in [-0.4, -0.2) is 62.3 Å². The highest BCUT2D eigenvalue weighted by molar-refractivity contribution is 8.15. The lowest BCUT2D eigenvalue weighted by atomic mass is 10.2. The minimum Gasteiger partial charge on any atom is -0.493 e. The number of carbonyl (C=O) groups excluding carboxylic acids is 1. The molecule has 136 valence electrons. The monoisotopic (exact) mass is 366 g/mol. The summed E-state index contributed by atoms with van der Waals surface area (Å²) in [5.41, 5.74) is 0.643. The van der Waals surface area contributed by atoms with E-state index in [1.807, 2.05) is 0 Å². The molecule has 1 aromatic carbocycles. The first-order valence-electron chi connectivity index (χ1n) is 8.09. The molecule has 3 rings (SSSR count). The number of carbonyl (C=O) groups is 1. The summed E-state index contributed by atoms with van der Waals surface area (Å²) in [6.45, 7) is 1.31. The van der Waals surface area contributed by atoms with Crippen LogP contribution in [0.25, 0.3) is 0 Å². The maximum Gasteiger partial charge on any atom is 0.239 e. The van der Waals surface area contributed by atoms with Crippen molar-refractivity contribution in [3.05, 3.63) is 12.1 Å².